The third kappa shape index (κ3) is 5.81. The van der Waals surface area contributed by atoms with E-state index in [-0.39, 0.29) is 26.4 Å². The van der Waals surface area contributed by atoms with Crippen LogP contribution in [0.3, 0.4) is 0 Å². The van der Waals surface area contributed by atoms with Gasteiger partial charge in [0.05, 0.1) is 26.4 Å². The molecule has 0 aromatic heterocycles. The Labute approximate surface area is 102 Å². The van der Waals surface area contributed by atoms with E-state index in [1.54, 1.807) is 6.92 Å². The highest BCUT2D eigenvalue weighted by atomic mass is 16.5. The molecule has 17 heavy (non-hydrogen) atoms. The van der Waals surface area contributed by atoms with Crippen LogP contribution in [0.5, 0.6) is 0 Å². The van der Waals surface area contributed by atoms with Crippen LogP contribution in [0.25, 0.3) is 0 Å². The van der Waals surface area contributed by atoms with Gasteiger partial charge in [0.25, 0.3) is 0 Å². The first-order valence-electron chi connectivity index (χ1n) is 5.66. The SMILES string of the molecule is C=C(C)C(=O)OCCCCC(CO)(CO)CO. The van der Waals surface area contributed by atoms with Crippen LogP contribution in [0, 0.1) is 5.41 Å². The zero-order valence-electron chi connectivity index (χ0n) is 10.3. The monoisotopic (exact) mass is 246 g/mol. The van der Waals surface area contributed by atoms with Gasteiger partial charge >= 0.3 is 5.97 Å². The van der Waals surface area contributed by atoms with Crippen molar-refractivity contribution in [3.05, 3.63) is 12.2 Å². The second kappa shape index (κ2) is 8.22. The minimum atomic E-state index is -0.835. The summed E-state index contributed by atoms with van der Waals surface area (Å²) in [6, 6.07) is 0. The zero-order valence-corrected chi connectivity index (χ0v) is 10.3. The molecule has 0 aromatic carbocycles. The molecule has 0 aliphatic heterocycles. The fraction of sp³-hybridized carbons (Fsp3) is 0.750. The summed E-state index contributed by atoms with van der Waals surface area (Å²) in [5, 5.41) is 27.2. The van der Waals surface area contributed by atoms with Gasteiger partial charge in [-0.15, -0.1) is 0 Å². The van der Waals surface area contributed by atoms with Gasteiger partial charge in [-0.25, -0.2) is 4.79 Å². The molecule has 5 nitrogen and oxygen atoms in total. The molecule has 0 radical (unpaired) electrons. The molecule has 0 saturated heterocycles. The van der Waals surface area contributed by atoms with Crippen molar-refractivity contribution in [2.45, 2.75) is 26.2 Å². The molecule has 0 bridgehead atoms. The van der Waals surface area contributed by atoms with Crippen LogP contribution in [-0.2, 0) is 9.53 Å². The van der Waals surface area contributed by atoms with Crippen LogP contribution in [0.2, 0.25) is 0 Å². The number of hydrogen-bond donors (Lipinski definition) is 3. The number of carbonyl (C=O) groups is 1. The smallest absolute Gasteiger partial charge is 0.333 e. The number of rotatable bonds is 9. The standard InChI is InChI=1S/C12H22O5/c1-10(2)11(16)17-6-4-3-5-12(7-13,8-14)9-15/h13-15H,1,3-9H2,2H3. The number of carbonyl (C=O) groups excluding carboxylic acids is 1. The minimum absolute atomic E-state index is 0.258. The quantitative estimate of drug-likeness (QED) is 0.308. The van der Waals surface area contributed by atoms with E-state index < -0.39 is 11.4 Å². The van der Waals surface area contributed by atoms with Gasteiger partial charge < -0.3 is 20.1 Å². The number of hydrogen-bond acceptors (Lipinski definition) is 5. The largest absolute Gasteiger partial charge is 0.462 e. The third-order valence-electron chi connectivity index (χ3n) is 2.69. The molecular formula is C12H22O5. The van der Waals surface area contributed by atoms with Crippen molar-refractivity contribution >= 4 is 5.97 Å². The number of ether oxygens (including phenoxy) is 1. The average Bonchev–Trinajstić information content (AvgIpc) is 2.34. The lowest BCUT2D eigenvalue weighted by Crippen LogP contribution is -2.33. The molecule has 0 rings (SSSR count). The van der Waals surface area contributed by atoms with Crippen LogP contribution in [0.15, 0.2) is 12.2 Å². The molecule has 0 aromatic rings. The lowest BCUT2D eigenvalue weighted by atomic mass is 9.85. The van der Waals surface area contributed by atoms with Gasteiger partial charge in [-0.2, -0.15) is 0 Å². The first-order chi connectivity index (χ1) is 8.01. The zero-order chi connectivity index (χ0) is 13.3. The van der Waals surface area contributed by atoms with E-state index in [4.69, 9.17) is 20.1 Å². The Balaban J connectivity index is 3.76. The topological polar surface area (TPSA) is 87.0 Å². The van der Waals surface area contributed by atoms with Gasteiger partial charge in [-0.1, -0.05) is 6.58 Å². The molecule has 0 saturated carbocycles. The molecule has 100 valence electrons. The van der Waals surface area contributed by atoms with E-state index >= 15 is 0 Å². The highest BCUT2D eigenvalue weighted by Crippen LogP contribution is 2.22. The van der Waals surface area contributed by atoms with Crippen LogP contribution in [0.1, 0.15) is 26.2 Å². The van der Waals surface area contributed by atoms with E-state index in [9.17, 15) is 4.79 Å². The molecule has 0 amide bonds. The maximum atomic E-state index is 11.0. The Morgan fingerprint density at radius 2 is 1.71 bits per heavy atom. The molecule has 0 atom stereocenters. The first-order valence-corrected chi connectivity index (χ1v) is 5.66. The molecule has 3 N–H and O–H groups in total. The van der Waals surface area contributed by atoms with Gasteiger partial charge in [0.1, 0.15) is 0 Å². The maximum absolute atomic E-state index is 11.0. The van der Waals surface area contributed by atoms with Crippen LogP contribution >= 0.6 is 0 Å². The van der Waals surface area contributed by atoms with Crippen molar-refractivity contribution in [3.63, 3.8) is 0 Å². The summed E-state index contributed by atoms with van der Waals surface area (Å²) < 4.78 is 4.89. The highest BCUT2D eigenvalue weighted by Gasteiger charge is 2.27. The van der Waals surface area contributed by atoms with E-state index in [0.717, 1.165) is 0 Å². The second-order valence-corrected chi connectivity index (χ2v) is 4.35. The summed E-state index contributed by atoms with van der Waals surface area (Å²) in [7, 11) is 0. The summed E-state index contributed by atoms with van der Waals surface area (Å²) in [4.78, 5) is 11.0. The van der Waals surface area contributed by atoms with E-state index in [0.29, 0.717) is 24.8 Å². The van der Waals surface area contributed by atoms with Gasteiger partial charge in [-0.3, -0.25) is 0 Å². The predicted octanol–water partition coefficient (Wildman–Crippen LogP) is 0.239. The van der Waals surface area contributed by atoms with Gasteiger partial charge in [-0.05, 0) is 26.2 Å². The normalized spacial score (nSPS) is 11.3. The number of esters is 1. The van der Waals surface area contributed by atoms with Crippen molar-refractivity contribution in [1.82, 2.24) is 0 Å². The minimum Gasteiger partial charge on any atom is -0.462 e. The molecule has 5 heteroatoms. The number of aliphatic hydroxyl groups excluding tert-OH is 3. The van der Waals surface area contributed by atoms with Crippen molar-refractivity contribution in [3.8, 4) is 0 Å². The third-order valence-corrected chi connectivity index (χ3v) is 2.69. The molecule has 0 aliphatic rings. The van der Waals surface area contributed by atoms with Gasteiger partial charge in [0.15, 0.2) is 0 Å². The molecule has 0 heterocycles. The van der Waals surface area contributed by atoms with Crippen molar-refractivity contribution < 1.29 is 24.9 Å². The molecule has 0 fully saturated rings. The summed E-state index contributed by atoms with van der Waals surface area (Å²) in [6.45, 7) is 4.55. The Morgan fingerprint density at radius 3 is 2.12 bits per heavy atom. The molecule has 0 unspecified atom stereocenters. The molecular weight excluding hydrogens is 224 g/mol. The molecule has 0 aliphatic carbocycles. The Kier molecular flexibility index (Phi) is 7.78. The van der Waals surface area contributed by atoms with Crippen LogP contribution in [-0.4, -0.2) is 47.7 Å². The Morgan fingerprint density at radius 1 is 1.18 bits per heavy atom. The Bertz CT molecular complexity index is 237. The van der Waals surface area contributed by atoms with Crippen LogP contribution in [0.4, 0.5) is 0 Å². The van der Waals surface area contributed by atoms with Gasteiger partial charge in [0.2, 0.25) is 0 Å². The van der Waals surface area contributed by atoms with Gasteiger partial charge in [0, 0.05) is 11.0 Å². The van der Waals surface area contributed by atoms with Crippen molar-refractivity contribution in [2.24, 2.45) is 5.41 Å². The van der Waals surface area contributed by atoms with E-state index in [1.165, 1.54) is 0 Å². The summed E-state index contributed by atoms with van der Waals surface area (Å²) in [5.41, 5.74) is -0.473. The highest BCUT2D eigenvalue weighted by molar-refractivity contribution is 5.86. The average molecular weight is 246 g/mol. The summed E-state index contributed by atoms with van der Waals surface area (Å²) in [5.74, 6) is -0.414. The second-order valence-electron chi connectivity index (χ2n) is 4.35. The molecule has 0 spiro atoms. The maximum Gasteiger partial charge on any atom is 0.333 e. The Hall–Kier alpha value is -0.910. The van der Waals surface area contributed by atoms with Crippen molar-refractivity contribution in [1.29, 1.82) is 0 Å². The summed E-state index contributed by atoms with van der Waals surface area (Å²) in [6.07, 6.45) is 1.77. The first kappa shape index (κ1) is 16.1. The van der Waals surface area contributed by atoms with Crippen LogP contribution < -0.4 is 0 Å². The lowest BCUT2D eigenvalue weighted by molar-refractivity contribution is -0.139. The lowest BCUT2D eigenvalue weighted by Gasteiger charge is -2.27. The summed E-state index contributed by atoms with van der Waals surface area (Å²) >= 11 is 0. The van der Waals surface area contributed by atoms with E-state index in [1.807, 2.05) is 0 Å². The van der Waals surface area contributed by atoms with E-state index in [2.05, 4.69) is 6.58 Å². The van der Waals surface area contributed by atoms with Crippen molar-refractivity contribution in [2.75, 3.05) is 26.4 Å². The fourth-order valence-corrected chi connectivity index (χ4v) is 1.28. The number of aliphatic hydroxyl groups is 3. The fourth-order valence-electron chi connectivity index (χ4n) is 1.28. The predicted molar refractivity (Wildman–Crippen MR) is 63.3 cm³/mol. The number of unbranched alkanes of at least 4 members (excludes halogenated alkanes) is 1.